The van der Waals surface area contributed by atoms with Gasteiger partial charge in [0, 0.05) is 20.4 Å². The van der Waals surface area contributed by atoms with Crippen LogP contribution in [0, 0.1) is 6.92 Å². The van der Waals surface area contributed by atoms with Gasteiger partial charge in [-0.3, -0.25) is 0 Å². The molecule has 2 N–H and O–H groups in total. The Labute approximate surface area is 108 Å². The second-order valence-corrected chi connectivity index (χ2v) is 4.55. The number of pyridine rings is 1. The third-order valence-corrected chi connectivity index (χ3v) is 2.99. The molecule has 1 aromatic rings. The van der Waals surface area contributed by atoms with E-state index in [2.05, 4.69) is 11.9 Å². The normalized spacial score (nSPS) is 12.2. The number of anilines is 1. The van der Waals surface area contributed by atoms with Crippen molar-refractivity contribution in [2.24, 2.45) is 5.73 Å². The summed E-state index contributed by atoms with van der Waals surface area (Å²) in [6.45, 7) is 4.67. The number of nitrogens with zero attached hydrogens (tertiary/aromatic N) is 2. The van der Waals surface area contributed by atoms with E-state index in [0.29, 0.717) is 11.6 Å². The highest BCUT2D eigenvalue weighted by molar-refractivity contribution is 7.80. The van der Waals surface area contributed by atoms with Gasteiger partial charge in [0.05, 0.1) is 18.2 Å². The third-order valence-electron chi connectivity index (χ3n) is 2.79. The van der Waals surface area contributed by atoms with Gasteiger partial charge in [-0.25, -0.2) is 4.98 Å². The molecule has 0 amide bonds. The lowest BCUT2D eigenvalue weighted by molar-refractivity contribution is 0.183. The molecular weight excluding hydrogens is 234 g/mol. The molecule has 17 heavy (non-hydrogen) atoms. The van der Waals surface area contributed by atoms with E-state index in [1.165, 1.54) is 0 Å². The average molecular weight is 253 g/mol. The lowest BCUT2D eigenvalue weighted by atomic mass is 10.1. The maximum absolute atomic E-state index is 5.76. The lowest BCUT2D eigenvalue weighted by Crippen LogP contribution is -2.35. The minimum Gasteiger partial charge on any atom is -0.389 e. The van der Waals surface area contributed by atoms with Crippen molar-refractivity contribution in [2.45, 2.75) is 19.9 Å². The summed E-state index contributed by atoms with van der Waals surface area (Å²) in [6.07, 6.45) is 1.77. The van der Waals surface area contributed by atoms with Crippen LogP contribution >= 0.6 is 12.2 Å². The Morgan fingerprint density at radius 1 is 1.65 bits per heavy atom. The van der Waals surface area contributed by atoms with Crippen molar-refractivity contribution >= 4 is 23.0 Å². The monoisotopic (exact) mass is 253 g/mol. The van der Waals surface area contributed by atoms with E-state index in [-0.39, 0.29) is 6.04 Å². The summed E-state index contributed by atoms with van der Waals surface area (Å²) < 4.78 is 5.14. The molecule has 0 aromatic carbocycles. The fourth-order valence-corrected chi connectivity index (χ4v) is 1.93. The van der Waals surface area contributed by atoms with Crippen LogP contribution in [-0.4, -0.2) is 36.8 Å². The third kappa shape index (κ3) is 3.14. The van der Waals surface area contributed by atoms with Gasteiger partial charge in [0.2, 0.25) is 0 Å². The van der Waals surface area contributed by atoms with Crippen molar-refractivity contribution in [2.75, 3.05) is 25.7 Å². The fourth-order valence-electron chi connectivity index (χ4n) is 1.68. The van der Waals surface area contributed by atoms with Crippen LogP contribution in [0.2, 0.25) is 0 Å². The van der Waals surface area contributed by atoms with E-state index >= 15 is 0 Å². The Morgan fingerprint density at radius 2 is 2.29 bits per heavy atom. The maximum atomic E-state index is 5.76. The van der Waals surface area contributed by atoms with Crippen molar-refractivity contribution in [1.29, 1.82) is 0 Å². The summed E-state index contributed by atoms with van der Waals surface area (Å²) in [5, 5.41) is 0. The van der Waals surface area contributed by atoms with Gasteiger partial charge in [0.25, 0.3) is 0 Å². The first-order valence-corrected chi connectivity index (χ1v) is 5.87. The summed E-state index contributed by atoms with van der Waals surface area (Å²) in [6, 6.07) is 2.12. The topological polar surface area (TPSA) is 51.4 Å². The standard InChI is InChI=1S/C12H19N3OS/c1-8-5-6-14-12(10(8)11(13)17)15(3)9(2)7-16-4/h5-6,9H,7H2,1-4H3,(H2,13,17). The van der Waals surface area contributed by atoms with Crippen LogP contribution in [-0.2, 0) is 4.74 Å². The summed E-state index contributed by atoms with van der Waals surface area (Å²) in [4.78, 5) is 6.78. The van der Waals surface area contributed by atoms with Crippen LogP contribution in [0.25, 0.3) is 0 Å². The van der Waals surface area contributed by atoms with Crippen LogP contribution < -0.4 is 10.6 Å². The first-order valence-electron chi connectivity index (χ1n) is 5.46. The first kappa shape index (κ1) is 13.9. The first-order chi connectivity index (χ1) is 7.99. The molecule has 1 heterocycles. The highest BCUT2D eigenvalue weighted by atomic mass is 32.1. The van der Waals surface area contributed by atoms with Gasteiger partial charge in [-0.05, 0) is 25.5 Å². The number of aromatic nitrogens is 1. The minimum atomic E-state index is 0.211. The number of likely N-dealkylation sites (N-methyl/N-ethyl adjacent to an activating group) is 1. The second-order valence-electron chi connectivity index (χ2n) is 4.11. The van der Waals surface area contributed by atoms with Crippen LogP contribution in [0.3, 0.4) is 0 Å². The smallest absolute Gasteiger partial charge is 0.139 e. The molecule has 1 atom stereocenters. The van der Waals surface area contributed by atoms with Crippen molar-refractivity contribution in [1.82, 2.24) is 4.98 Å². The predicted molar refractivity (Wildman–Crippen MR) is 74.6 cm³/mol. The van der Waals surface area contributed by atoms with Crippen LogP contribution in [0.4, 0.5) is 5.82 Å². The molecule has 94 valence electrons. The van der Waals surface area contributed by atoms with Crippen LogP contribution in [0.15, 0.2) is 12.3 Å². The van der Waals surface area contributed by atoms with Gasteiger partial charge < -0.3 is 15.4 Å². The maximum Gasteiger partial charge on any atom is 0.139 e. The zero-order chi connectivity index (χ0) is 13.0. The fraction of sp³-hybridized carbons (Fsp3) is 0.500. The quantitative estimate of drug-likeness (QED) is 0.806. The molecule has 1 rings (SSSR count). The molecule has 0 aliphatic rings. The van der Waals surface area contributed by atoms with Crippen molar-refractivity contribution in [3.8, 4) is 0 Å². The Kier molecular flexibility index (Phi) is 4.84. The highest BCUT2D eigenvalue weighted by Crippen LogP contribution is 2.21. The van der Waals surface area contributed by atoms with Crippen molar-refractivity contribution in [3.05, 3.63) is 23.4 Å². The van der Waals surface area contributed by atoms with Crippen molar-refractivity contribution in [3.63, 3.8) is 0 Å². The molecule has 0 saturated heterocycles. The molecule has 0 aliphatic heterocycles. The molecule has 5 heteroatoms. The largest absolute Gasteiger partial charge is 0.389 e. The Hall–Kier alpha value is -1.20. The van der Waals surface area contributed by atoms with Crippen LogP contribution in [0.1, 0.15) is 18.1 Å². The van der Waals surface area contributed by atoms with Crippen molar-refractivity contribution < 1.29 is 4.74 Å². The molecule has 1 unspecified atom stereocenters. The van der Waals surface area contributed by atoms with E-state index < -0.39 is 0 Å². The summed E-state index contributed by atoms with van der Waals surface area (Å²) in [5.41, 5.74) is 7.64. The number of methoxy groups -OCH3 is 1. The molecule has 4 nitrogen and oxygen atoms in total. The van der Waals surface area contributed by atoms with E-state index in [0.717, 1.165) is 16.9 Å². The number of ether oxygens (including phenoxy) is 1. The SMILES string of the molecule is COCC(C)N(C)c1nccc(C)c1C(N)=S. The zero-order valence-electron chi connectivity index (χ0n) is 10.7. The molecule has 0 saturated carbocycles. The lowest BCUT2D eigenvalue weighted by Gasteiger charge is -2.27. The molecule has 1 aromatic heterocycles. The van der Waals surface area contributed by atoms with Gasteiger partial charge in [-0.15, -0.1) is 0 Å². The molecule has 0 spiro atoms. The Bertz CT molecular complexity index is 409. The Balaban J connectivity index is 3.13. The molecule has 0 aliphatic carbocycles. The summed E-state index contributed by atoms with van der Waals surface area (Å²) in [5.74, 6) is 0.807. The van der Waals surface area contributed by atoms with Gasteiger partial charge in [-0.1, -0.05) is 12.2 Å². The minimum absolute atomic E-state index is 0.211. The van der Waals surface area contributed by atoms with Gasteiger partial charge in [-0.2, -0.15) is 0 Å². The number of hydrogen-bond acceptors (Lipinski definition) is 4. The number of rotatable bonds is 5. The number of thiocarbonyl (C=S) groups is 1. The van der Waals surface area contributed by atoms with Gasteiger partial charge in [0.15, 0.2) is 0 Å². The highest BCUT2D eigenvalue weighted by Gasteiger charge is 2.17. The molecule has 0 radical (unpaired) electrons. The Morgan fingerprint density at radius 3 is 2.82 bits per heavy atom. The summed E-state index contributed by atoms with van der Waals surface area (Å²) in [7, 11) is 3.65. The zero-order valence-corrected chi connectivity index (χ0v) is 11.5. The molecule has 0 fully saturated rings. The molecular formula is C12H19N3OS. The van der Waals surface area contributed by atoms with E-state index in [1.807, 2.05) is 24.9 Å². The number of nitrogens with two attached hydrogens (primary N) is 1. The average Bonchev–Trinajstić information content (AvgIpc) is 2.27. The predicted octanol–water partition coefficient (Wildman–Crippen LogP) is 1.50. The number of aryl methyl sites for hydroxylation is 1. The van der Waals surface area contributed by atoms with Crippen LogP contribution in [0.5, 0.6) is 0 Å². The second kappa shape index (κ2) is 5.93. The van der Waals surface area contributed by atoms with Gasteiger partial charge in [0.1, 0.15) is 10.8 Å². The van der Waals surface area contributed by atoms with E-state index in [4.69, 9.17) is 22.7 Å². The van der Waals surface area contributed by atoms with E-state index in [9.17, 15) is 0 Å². The number of hydrogen-bond donors (Lipinski definition) is 1. The van der Waals surface area contributed by atoms with E-state index in [1.54, 1.807) is 13.3 Å². The molecule has 0 bridgehead atoms. The van der Waals surface area contributed by atoms with Gasteiger partial charge >= 0.3 is 0 Å². The summed E-state index contributed by atoms with van der Waals surface area (Å²) >= 11 is 5.09.